The number of anilines is 2. The predicted molar refractivity (Wildman–Crippen MR) is 123 cm³/mol. The summed E-state index contributed by atoms with van der Waals surface area (Å²) in [5, 5.41) is 8.77. The van der Waals surface area contributed by atoms with Gasteiger partial charge in [0.2, 0.25) is 10.0 Å². The Balaban J connectivity index is 1.44. The van der Waals surface area contributed by atoms with Gasteiger partial charge in [0.1, 0.15) is 16.4 Å². The summed E-state index contributed by atoms with van der Waals surface area (Å²) < 4.78 is 39.3. The van der Waals surface area contributed by atoms with Crippen LogP contribution >= 0.6 is 0 Å². The van der Waals surface area contributed by atoms with Crippen LogP contribution in [0.1, 0.15) is 26.7 Å². The number of hydrogen-bond acceptors (Lipinski definition) is 8. The van der Waals surface area contributed by atoms with E-state index in [0.29, 0.717) is 50.9 Å². The van der Waals surface area contributed by atoms with Crippen LogP contribution < -0.4 is 19.3 Å². The standard InChI is InChI=1S/C22H31N5O4S/c1-3-30-18-7-8-20(19(17-18)31-4-2)32(28,29)27-15-13-26(14-16-27)22-10-9-21(23-24-22)25-11-5-6-12-25/h7-10,17H,3-6,11-16H2,1-2H3. The molecule has 0 saturated carbocycles. The van der Waals surface area contributed by atoms with Crippen molar-refractivity contribution in [2.75, 3.05) is 62.3 Å². The van der Waals surface area contributed by atoms with Crippen molar-refractivity contribution < 1.29 is 17.9 Å². The minimum atomic E-state index is -3.69. The first-order chi connectivity index (χ1) is 15.5. The Labute approximate surface area is 190 Å². The van der Waals surface area contributed by atoms with Gasteiger partial charge in [0.15, 0.2) is 11.6 Å². The van der Waals surface area contributed by atoms with Crippen LogP contribution in [-0.2, 0) is 10.0 Å². The van der Waals surface area contributed by atoms with Crippen molar-refractivity contribution in [3.63, 3.8) is 0 Å². The smallest absolute Gasteiger partial charge is 0.246 e. The molecule has 1 aromatic heterocycles. The number of nitrogens with zero attached hydrogens (tertiary/aromatic N) is 5. The van der Waals surface area contributed by atoms with Gasteiger partial charge < -0.3 is 19.3 Å². The Morgan fingerprint density at radius 1 is 0.812 bits per heavy atom. The Morgan fingerprint density at radius 3 is 1.97 bits per heavy atom. The molecular formula is C22H31N5O4S. The molecule has 2 fully saturated rings. The average molecular weight is 462 g/mol. The fourth-order valence-electron chi connectivity index (χ4n) is 4.12. The number of benzene rings is 1. The van der Waals surface area contributed by atoms with Crippen LogP contribution in [0.4, 0.5) is 11.6 Å². The van der Waals surface area contributed by atoms with E-state index in [1.54, 1.807) is 18.2 Å². The second kappa shape index (κ2) is 9.91. The lowest BCUT2D eigenvalue weighted by atomic mass is 10.3. The van der Waals surface area contributed by atoms with Crippen molar-refractivity contribution in [2.24, 2.45) is 0 Å². The summed E-state index contributed by atoms with van der Waals surface area (Å²) >= 11 is 0. The van der Waals surface area contributed by atoms with E-state index < -0.39 is 10.0 Å². The normalized spacial score (nSPS) is 17.6. The van der Waals surface area contributed by atoms with Gasteiger partial charge in [0, 0.05) is 45.3 Å². The summed E-state index contributed by atoms with van der Waals surface area (Å²) in [5.41, 5.74) is 0. The highest BCUT2D eigenvalue weighted by Crippen LogP contribution is 2.32. The molecule has 2 aliphatic heterocycles. The molecule has 32 heavy (non-hydrogen) atoms. The first-order valence-electron chi connectivity index (χ1n) is 11.3. The molecule has 174 valence electrons. The van der Waals surface area contributed by atoms with Crippen molar-refractivity contribution in [3.05, 3.63) is 30.3 Å². The summed E-state index contributed by atoms with van der Waals surface area (Å²) in [5.74, 6) is 2.60. The molecule has 1 aromatic carbocycles. The molecule has 2 aromatic rings. The lowest BCUT2D eigenvalue weighted by Gasteiger charge is -2.34. The van der Waals surface area contributed by atoms with Gasteiger partial charge >= 0.3 is 0 Å². The lowest BCUT2D eigenvalue weighted by molar-refractivity contribution is 0.314. The van der Waals surface area contributed by atoms with E-state index in [-0.39, 0.29) is 4.90 Å². The molecule has 2 saturated heterocycles. The largest absolute Gasteiger partial charge is 0.494 e. The second-order valence-electron chi connectivity index (χ2n) is 7.81. The first-order valence-corrected chi connectivity index (χ1v) is 12.7. The Kier molecular flexibility index (Phi) is 7.00. The van der Waals surface area contributed by atoms with E-state index in [1.165, 1.54) is 17.1 Å². The van der Waals surface area contributed by atoms with Gasteiger partial charge in [-0.2, -0.15) is 4.31 Å². The molecule has 9 nitrogen and oxygen atoms in total. The molecule has 0 amide bonds. The maximum Gasteiger partial charge on any atom is 0.246 e. The van der Waals surface area contributed by atoms with Crippen molar-refractivity contribution >= 4 is 21.7 Å². The van der Waals surface area contributed by atoms with E-state index in [1.807, 2.05) is 26.0 Å². The van der Waals surface area contributed by atoms with Crippen molar-refractivity contribution in [1.29, 1.82) is 0 Å². The van der Waals surface area contributed by atoms with Gasteiger partial charge in [-0.05, 0) is 51.0 Å². The summed E-state index contributed by atoms with van der Waals surface area (Å²) in [6.07, 6.45) is 2.39. The Bertz CT molecular complexity index is 1000. The summed E-state index contributed by atoms with van der Waals surface area (Å²) in [4.78, 5) is 4.49. The molecule has 0 unspecified atom stereocenters. The molecule has 0 radical (unpaired) electrons. The Hall–Kier alpha value is -2.59. The van der Waals surface area contributed by atoms with Crippen LogP contribution in [0.25, 0.3) is 0 Å². The van der Waals surface area contributed by atoms with Gasteiger partial charge in [-0.15, -0.1) is 10.2 Å². The van der Waals surface area contributed by atoms with Gasteiger partial charge in [0.05, 0.1) is 13.2 Å². The molecule has 0 aliphatic carbocycles. The van der Waals surface area contributed by atoms with Crippen LogP contribution in [-0.4, -0.2) is 75.4 Å². The summed E-state index contributed by atoms with van der Waals surface area (Å²) in [6.45, 7) is 8.50. The number of piperazine rings is 1. The van der Waals surface area contributed by atoms with Crippen molar-refractivity contribution in [2.45, 2.75) is 31.6 Å². The molecule has 0 atom stereocenters. The van der Waals surface area contributed by atoms with E-state index >= 15 is 0 Å². The monoisotopic (exact) mass is 461 g/mol. The highest BCUT2D eigenvalue weighted by atomic mass is 32.2. The molecule has 4 rings (SSSR count). The summed E-state index contributed by atoms with van der Waals surface area (Å²) in [7, 11) is -3.69. The maximum absolute atomic E-state index is 13.3. The molecular weight excluding hydrogens is 430 g/mol. The molecule has 0 spiro atoms. The van der Waals surface area contributed by atoms with Gasteiger partial charge in [-0.1, -0.05) is 0 Å². The maximum atomic E-state index is 13.3. The van der Waals surface area contributed by atoms with E-state index in [0.717, 1.165) is 24.7 Å². The van der Waals surface area contributed by atoms with Crippen molar-refractivity contribution in [1.82, 2.24) is 14.5 Å². The highest BCUT2D eigenvalue weighted by Gasteiger charge is 2.31. The van der Waals surface area contributed by atoms with Crippen LogP contribution in [0.2, 0.25) is 0 Å². The van der Waals surface area contributed by atoms with Crippen molar-refractivity contribution in [3.8, 4) is 11.5 Å². The topological polar surface area (TPSA) is 88.1 Å². The molecule has 10 heteroatoms. The van der Waals surface area contributed by atoms with Gasteiger partial charge in [-0.25, -0.2) is 8.42 Å². The number of rotatable bonds is 8. The third kappa shape index (κ3) is 4.75. The van der Waals surface area contributed by atoms with Crippen LogP contribution in [0.15, 0.2) is 35.2 Å². The molecule has 3 heterocycles. The number of aromatic nitrogens is 2. The zero-order valence-corrected chi connectivity index (χ0v) is 19.6. The zero-order chi connectivity index (χ0) is 22.6. The van der Waals surface area contributed by atoms with E-state index in [9.17, 15) is 8.42 Å². The molecule has 0 N–H and O–H groups in total. The first kappa shape index (κ1) is 22.6. The van der Waals surface area contributed by atoms with Gasteiger partial charge in [0.25, 0.3) is 0 Å². The number of hydrogen-bond donors (Lipinski definition) is 0. The van der Waals surface area contributed by atoms with E-state index in [2.05, 4.69) is 20.0 Å². The van der Waals surface area contributed by atoms with E-state index in [4.69, 9.17) is 9.47 Å². The minimum absolute atomic E-state index is 0.172. The highest BCUT2D eigenvalue weighted by molar-refractivity contribution is 7.89. The average Bonchev–Trinajstić information content (AvgIpc) is 3.35. The van der Waals surface area contributed by atoms with Crippen LogP contribution in [0.5, 0.6) is 11.5 Å². The fourth-order valence-corrected chi connectivity index (χ4v) is 5.66. The van der Waals surface area contributed by atoms with Crippen LogP contribution in [0, 0.1) is 0 Å². The molecule has 2 aliphatic rings. The summed E-state index contributed by atoms with van der Waals surface area (Å²) in [6, 6.07) is 8.87. The lowest BCUT2D eigenvalue weighted by Crippen LogP contribution is -2.49. The quantitative estimate of drug-likeness (QED) is 0.592. The number of ether oxygens (including phenoxy) is 2. The second-order valence-corrected chi connectivity index (χ2v) is 9.72. The molecule has 0 bridgehead atoms. The predicted octanol–water partition coefficient (Wildman–Crippen LogP) is 2.39. The number of sulfonamides is 1. The fraction of sp³-hybridized carbons (Fsp3) is 0.545. The minimum Gasteiger partial charge on any atom is -0.494 e. The zero-order valence-electron chi connectivity index (χ0n) is 18.7. The third-order valence-electron chi connectivity index (χ3n) is 5.77. The Morgan fingerprint density at radius 2 is 1.41 bits per heavy atom. The third-order valence-corrected chi connectivity index (χ3v) is 7.71. The SMILES string of the molecule is CCOc1ccc(S(=O)(=O)N2CCN(c3ccc(N4CCCC4)nn3)CC2)c(OCC)c1. The van der Waals surface area contributed by atoms with Crippen LogP contribution in [0.3, 0.4) is 0 Å². The van der Waals surface area contributed by atoms with Gasteiger partial charge in [-0.3, -0.25) is 0 Å².